The van der Waals surface area contributed by atoms with Crippen LogP contribution in [0.2, 0.25) is 0 Å². The number of rotatable bonds is 10. The highest BCUT2D eigenvalue weighted by Crippen LogP contribution is 2.52. The molecule has 0 bridgehead atoms. The van der Waals surface area contributed by atoms with E-state index in [9.17, 15) is 0 Å². The average molecular weight is 397 g/mol. The van der Waals surface area contributed by atoms with Crippen LogP contribution in [0.25, 0.3) is 33.4 Å². The zero-order chi connectivity index (χ0) is 20.9. The fourth-order valence-corrected chi connectivity index (χ4v) is 5.06. The lowest BCUT2D eigenvalue weighted by molar-refractivity contribution is 0.736. The summed E-state index contributed by atoms with van der Waals surface area (Å²) >= 11 is 0. The molecule has 0 unspecified atom stereocenters. The molecule has 1 aliphatic carbocycles. The first-order valence-electron chi connectivity index (χ1n) is 12.2. The second kappa shape index (κ2) is 9.65. The second-order valence-corrected chi connectivity index (χ2v) is 8.81. The average Bonchev–Trinajstić information content (AvgIpc) is 2.78. The molecule has 0 saturated carbocycles. The van der Waals surface area contributed by atoms with Gasteiger partial charge in [-0.3, -0.25) is 0 Å². The summed E-state index contributed by atoms with van der Waals surface area (Å²) in [7, 11) is 0. The van der Waals surface area contributed by atoms with Crippen molar-refractivity contribution in [3.8, 4) is 33.4 Å². The van der Waals surface area contributed by atoms with Gasteiger partial charge in [-0.1, -0.05) is 94.6 Å². The van der Waals surface area contributed by atoms with Gasteiger partial charge in [0.15, 0.2) is 0 Å². The first kappa shape index (κ1) is 20.9. The third kappa shape index (κ3) is 3.85. The highest BCUT2D eigenvalue weighted by Gasteiger charge is 2.26. The number of fused-ring (bicyclic) bond motifs is 4. The summed E-state index contributed by atoms with van der Waals surface area (Å²) in [6.07, 6.45) is 11.3. The molecule has 0 aromatic heterocycles. The standard InChI is InChI=1S/C30H36/c1-4-7-13-22-20-21-26(24(15-9-6-3)23(22)14-8-5-2)29-19-12-18-28-25-16-10-11-17-27(25)30(28)29/h10-12,16-21H,4-9,13-15H2,1-3H3. The van der Waals surface area contributed by atoms with Crippen LogP contribution in [0, 0.1) is 0 Å². The van der Waals surface area contributed by atoms with E-state index in [0.29, 0.717) is 0 Å². The van der Waals surface area contributed by atoms with Crippen molar-refractivity contribution >= 4 is 0 Å². The Balaban J connectivity index is 1.85. The van der Waals surface area contributed by atoms with Crippen LogP contribution in [0.5, 0.6) is 0 Å². The lowest BCUT2D eigenvalue weighted by Gasteiger charge is -2.28. The number of unbranched alkanes of at least 4 members (excludes halogenated alkanes) is 3. The molecule has 30 heavy (non-hydrogen) atoms. The Labute approximate surface area is 183 Å². The van der Waals surface area contributed by atoms with Gasteiger partial charge >= 0.3 is 0 Å². The summed E-state index contributed by atoms with van der Waals surface area (Å²) < 4.78 is 0. The minimum absolute atomic E-state index is 1.20. The fourth-order valence-electron chi connectivity index (χ4n) is 5.06. The van der Waals surface area contributed by atoms with Gasteiger partial charge in [0.1, 0.15) is 0 Å². The Kier molecular flexibility index (Phi) is 6.72. The van der Waals surface area contributed by atoms with E-state index in [1.165, 1.54) is 91.2 Å². The number of aryl methyl sites for hydroxylation is 1. The van der Waals surface area contributed by atoms with Crippen molar-refractivity contribution in [1.29, 1.82) is 0 Å². The van der Waals surface area contributed by atoms with E-state index < -0.39 is 0 Å². The van der Waals surface area contributed by atoms with Crippen LogP contribution >= 0.6 is 0 Å². The Morgan fingerprint density at radius 1 is 0.467 bits per heavy atom. The van der Waals surface area contributed by atoms with E-state index in [1.54, 1.807) is 16.7 Å². The van der Waals surface area contributed by atoms with Gasteiger partial charge in [0, 0.05) is 0 Å². The van der Waals surface area contributed by atoms with E-state index in [0.717, 1.165) is 0 Å². The molecule has 4 rings (SSSR count). The van der Waals surface area contributed by atoms with Crippen LogP contribution in [-0.4, -0.2) is 0 Å². The van der Waals surface area contributed by atoms with E-state index >= 15 is 0 Å². The summed E-state index contributed by atoms with van der Waals surface area (Å²) in [5, 5.41) is 0. The number of hydrogen-bond acceptors (Lipinski definition) is 0. The van der Waals surface area contributed by atoms with E-state index in [2.05, 4.69) is 75.4 Å². The normalized spacial score (nSPS) is 11.7. The molecule has 0 heterocycles. The van der Waals surface area contributed by atoms with Gasteiger partial charge in [0.25, 0.3) is 0 Å². The summed E-state index contributed by atoms with van der Waals surface area (Å²) in [6.45, 7) is 6.94. The van der Waals surface area contributed by atoms with Crippen molar-refractivity contribution in [3.63, 3.8) is 0 Å². The highest BCUT2D eigenvalue weighted by atomic mass is 14.3. The van der Waals surface area contributed by atoms with Crippen molar-refractivity contribution in [1.82, 2.24) is 0 Å². The van der Waals surface area contributed by atoms with E-state index in [1.807, 2.05) is 0 Å². The molecular formula is C30H36. The molecule has 0 spiro atoms. The van der Waals surface area contributed by atoms with Crippen molar-refractivity contribution in [2.24, 2.45) is 0 Å². The molecule has 0 radical (unpaired) electrons. The fraction of sp³-hybridized carbons (Fsp3) is 0.400. The SMILES string of the molecule is CCCCc1ccc(-c2cccc3c2-c2ccccc2-3)c(CCCC)c1CCCC. The van der Waals surface area contributed by atoms with E-state index in [4.69, 9.17) is 0 Å². The van der Waals surface area contributed by atoms with Gasteiger partial charge in [-0.2, -0.15) is 0 Å². The van der Waals surface area contributed by atoms with Gasteiger partial charge in [-0.15, -0.1) is 0 Å². The number of benzene rings is 3. The van der Waals surface area contributed by atoms with Crippen molar-refractivity contribution in [2.75, 3.05) is 0 Å². The Bertz CT molecular complexity index is 1010. The molecule has 1 aliphatic rings. The minimum atomic E-state index is 1.20. The molecule has 0 heteroatoms. The topological polar surface area (TPSA) is 0 Å². The van der Waals surface area contributed by atoms with Gasteiger partial charge in [-0.25, -0.2) is 0 Å². The number of hydrogen-bond donors (Lipinski definition) is 0. The lowest BCUT2D eigenvalue weighted by atomic mass is 9.75. The molecule has 3 aromatic carbocycles. The molecule has 0 atom stereocenters. The third-order valence-corrected chi connectivity index (χ3v) is 6.73. The largest absolute Gasteiger partial charge is 0.0654 e. The Morgan fingerprint density at radius 3 is 1.73 bits per heavy atom. The highest BCUT2D eigenvalue weighted by molar-refractivity contribution is 6.08. The molecule has 156 valence electrons. The van der Waals surface area contributed by atoms with Crippen LogP contribution in [0.15, 0.2) is 54.6 Å². The summed E-state index contributed by atoms with van der Waals surface area (Å²) in [6, 6.07) is 20.7. The molecule has 3 aromatic rings. The summed E-state index contributed by atoms with van der Waals surface area (Å²) in [5.74, 6) is 0. The Hall–Kier alpha value is -2.34. The summed E-state index contributed by atoms with van der Waals surface area (Å²) in [5.41, 5.74) is 13.6. The monoisotopic (exact) mass is 396 g/mol. The van der Waals surface area contributed by atoms with Crippen LogP contribution in [-0.2, 0) is 19.3 Å². The first-order valence-corrected chi connectivity index (χ1v) is 12.2. The Morgan fingerprint density at radius 2 is 1.03 bits per heavy atom. The smallest absolute Gasteiger partial charge is 0.00203 e. The molecule has 0 fully saturated rings. The molecule has 0 N–H and O–H groups in total. The second-order valence-electron chi connectivity index (χ2n) is 8.81. The minimum Gasteiger partial charge on any atom is -0.0654 e. The lowest BCUT2D eigenvalue weighted by Crippen LogP contribution is -2.06. The maximum atomic E-state index is 2.45. The van der Waals surface area contributed by atoms with Gasteiger partial charge in [0.2, 0.25) is 0 Å². The first-order chi connectivity index (χ1) is 14.8. The maximum Gasteiger partial charge on any atom is -0.00203 e. The zero-order valence-electron chi connectivity index (χ0n) is 19.1. The predicted octanol–water partition coefficient (Wildman–Crippen LogP) is 9.03. The van der Waals surface area contributed by atoms with Crippen LogP contribution in [0.4, 0.5) is 0 Å². The quantitative estimate of drug-likeness (QED) is 0.251. The molecular weight excluding hydrogens is 360 g/mol. The van der Waals surface area contributed by atoms with E-state index in [-0.39, 0.29) is 0 Å². The van der Waals surface area contributed by atoms with Crippen molar-refractivity contribution < 1.29 is 0 Å². The van der Waals surface area contributed by atoms with Crippen molar-refractivity contribution in [3.05, 3.63) is 71.3 Å². The van der Waals surface area contributed by atoms with Gasteiger partial charge < -0.3 is 0 Å². The molecule has 0 amide bonds. The molecule has 0 saturated heterocycles. The van der Waals surface area contributed by atoms with Crippen molar-refractivity contribution in [2.45, 2.75) is 78.6 Å². The predicted molar refractivity (Wildman–Crippen MR) is 132 cm³/mol. The van der Waals surface area contributed by atoms with Crippen LogP contribution in [0.1, 0.15) is 76.0 Å². The summed E-state index contributed by atoms with van der Waals surface area (Å²) in [4.78, 5) is 0. The third-order valence-electron chi connectivity index (χ3n) is 6.73. The van der Waals surface area contributed by atoms with Crippen LogP contribution in [0.3, 0.4) is 0 Å². The maximum absolute atomic E-state index is 2.45. The molecule has 0 nitrogen and oxygen atoms in total. The zero-order valence-corrected chi connectivity index (χ0v) is 19.1. The van der Waals surface area contributed by atoms with Crippen LogP contribution < -0.4 is 0 Å². The van der Waals surface area contributed by atoms with Gasteiger partial charge in [-0.05, 0) is 88.6 Å². The van der Waals surface area contributed by atoms with Gasteiger partial charge in [0.05, 0.1) is 0 Å². The molecule has 0 aliphatic heterocycles.